The van der Waals surface area contributed by atoms with Crippen molar-refractivity contribution in [2.24, 2.45) is 0 Å². The van der Waals surface area contributed by atoms with Crippen LogP contribution in [-0.4, -0.2) is 41.0 Å². The fourth-order valence-corrected chi connectivity index (χ4v) is 3.07. The van der Waals surface area contributed by atoms with E-state index in [-0.39, 0.29) is 0 Å². The first kappa shape index (κ1) is 15.4. The lowest BCUT2D eigenvalue weighted by Crippen LogP contribution is -2.47. The van der Waals surface area contributed by atoms with E-state index in [1.54, 1.807) is 0 Å². The maximum atomic E-state index is 4.43. The van der Waals surface area contributed by atoms with Gasteiger partial charge < -0.3 is 4.90 Å². The minimum Gasteiger partial charge on any atom is -0.338 e. The largest absolute Gasteiger partial charge is 0.338 e. The lowest BCUT2D eigenvalue weighted by Gasteiger charge is -2.38. The van der Waals surface area contributed by atoms with Gasteiger partial charge in [0, 0.05) is 49.1 Å². The predicted octanol–water partition coefficient (Wildman–Crippen LogP) is 3.43. The highest BCUT2D eigenvalue weighted by Gasteiger charge is 2.23. The van der Waals surface area contributed by atoms with Gasteiger partial charge in [0.05, 0.1) is 0 Å². The Morgan fingerprint density at radius 1 is 1.00 bits per heavy atom. The van der Waals surface area contributed by atoms with E-state index in [1.807, 2.05) is 19.3 Å². The summed E-state index contributed by atoms with van der Waals surface area (Å²) in [6, 6.07) is 9.06. The highest BCUT2D eigenvalue weighted by atomic mass is 79.9. The number of aryl methyl sites for hydroxylation is 1. The second-order valence-electron chi connectivity index (χ2n) is 5.81. The van der Waals surface area contributed by atoms with E-state index in [0.29, 0.717) is 6.04 Å². The van der Waals surface area contributed by atoms with Crippen LogP contribution in [0.15, 0.2) is 41.1 Å². The minimum absolute atomic E-state index is 0.439. The van der Waals surface area contributed by atoms with Crippen molar-refractivity contribution in [3.8, 4) is 0 Å². The molecule has 0 saturated carbocycles. The van der Waals surface area contributed by atoms with Gasteiger partial charge in [0.25, 0.3) is 0 Å². The van der Waals surface area contributed by atoms with Gasteiger partial charge in [0.15, 0.2) is 0 Å². The molecule has 0 amide bonds. The third-order valence-electron chi connectivity index (χ3n) is 4.26. The van der Waals surface area contributed by atoms with Gasteiger partial charge in [-0.05, 0) is 37.1 Å². The van der Waals surface area contributed by atoms with Crippen molar-refractivity contribution in [2.75, 3.05) is 31.1 Å². The van der Waals surface area contributed by atoms with Gasteiger partial charge in [-0.25, -0.2) is 9.97 Å². The lowest BCUT2D eigenvalue weighted by atomic mass is 10.1. The van der Waals surface area contributed by atoms with Crippen LogP contribution in [0.25, 0.3) is 0 Å². The number of rotatable bonds is 3. The Bertz CT molecular complexity index is 604. The molecule has 1 fully saturated rings. The van der Waals surface area contributed by atoms with Gasteiger partial charge in [-0.1, -0.05) is 28.1 Å². The summed E-state index contributed by atoms with van der Waals surface area (Å²) >= 11 is 3.50. The number of anilines is 1. The summed E-state index contributed by atoms with van der Waals surface area (Å²) in [5, 5.41) is 0. The molecule has 3 rings (SSSR count). The molecule has 2 aromatic rings. The van der Waals surface area contributed by atoms with E-state index in [2.05, 4.69) is 66.9 Å². The fraction of sp³-hybridized carbons (Fsp3) is 0.412. The Morgan fingerprint density at radius 2 is 1.59 bits per heavy atom. The molecule has 116 valence electrons. The molecule has 1 atom stereocenters. The number of halogens is 1. The third kappa shape index (κ3) is 3.47. The second-order valence-corrected chi connectivity index (χ2v) is 6.73. The van der Waals surface area contributed by atoms with Crippen LogP contribution in [0.1, 0.15) is 24.1 Å². The molecule has 1 aliphatic rings. The molecule has 1 unspecified atom stereocenters. The first-order valence-corrected chi connectivity index (χ1v) is 8.46. The van der Waals surface area contributed by atoms with E-state index in [4.69, 9.17) is 0 Å². The molecular formula is C17H21BrN4. The summed E-state index contributed by atoms with van der Waals surface area (Å²) in [4.78, 5) is 13.7. The van der Waals surface area contributed by atoms with Gasteiger partial charge in [-0.3, -0.25) is 4.90 Å². The fourth-order valence-electron chi connectivity index (χ4n) is 2.81. The average Bonchev–Trinajstić information content (AvgIpc) is 2.56. The minimum atomic E-state index is 0.439. The first-order chi connectivity index (χ1) is 10.6. The maximum Gasteiger partial charge on any atom is 0.225 e. The zero-order valence-corrected chi connectivity index (χ0v) is 14.6. The SMILES string of the molecule is Cc1cnc(N2CCN(C(C)c3ccc(Br)cc3)CC2)nc1. The number of nitrogens with zero attached hydrogens (tertiary/aromatic N) is 4. The molecule has 1 aromatic carbocycles. The van der Waals surface area contributed by atoms with Gasteiger partial charge in [0.1, 0.15) is 0 Å². The van der Waals surface area contributed by atoms with E-state index >= 15 is 0 Å². The Balaban J connectivity index is 1.61. The van der Waals surface area contributed by atoms with Crippen LogP contribution in [0.5, 0.6) is 0 Å². The number of benzene rings is 1. The standard InChI is InChI=1S/C17H21BrN4/c1-13-11-19-17(20-12-13)22-9-7-21(8-10-22)14(2)15-3-5-16(18)6-4-15/h3-6,11-12,14H,7-10H2,1-2H3. The van der Waals surface area contributed by atoms with Crippen molar-refractivity contribution < 1.29 is 0 Å². The van der Waals surface area contributed by atoms with E-state index in [0.717, 1.165) is 42.2 Å². The van der Waals surface area contributed by atoms with Crippen LogP contribution in [0.4, 0.5) is 5.95 Å². The number of hydrogen-bond acceptors (Lipinski definition) is 4. The molecule has 0 aliphatic carbocycles. The van der Waals surface area contributed by atoms with Crippen molar-refractivity contribution >= 4 is 21.9 Å². The van der Waals surface area contributed by atoms with Gasteiger partial charge in [-0.2, -0.15) is 0 Å². The van der Waals surface area contributed by atoms with Crippen LogP contribution in [0.2, 0.25) is 0 Å². The Hall–Kier alpha value is -1.46. The summed E-state index contributed by atoms with van der Waals surface area (Å²) in [7, 11) is 0. The summed E-state index contributed by atoms with van der Waals surface area (Å²) in [6.45, 7) is 8.32. The molecule has 0 N–H and O–H groups in total. The molecule has 0 spiro atoms. The quantitative estimate of drug-likeness (QED) is 0.839. The summed E-state index contributed by atoms with van der Waals surface area (Å²) in [6.07, 6.45) is 3.78. The summed E-state index contributed by atoms with van der Waals surface area (Å²) in [5.74, 6) is 0.849. The predicted molar refractivity (Wildman–Crippen MR) is 93.1 cm³/mol. The van der Waals surface area contributed by atoms with Crippen LogP contribution in [0.3, 0.4) is 0 Å². The van der Waals surface area contributed by atoms with Crippen molar-refractivity contribution in [3.63, 3.8) is 0 Å². The Labute approximate surface area is 140 Å². The number of piperazine rings is 1. The average molecular weight is 361 g/mol. The summed E-state index contributed by atoms with van der Waals surface area (Å²) < 4.78 is 1.13. The molecule has 1 saturated heterocycles. The topological polar surface area (TPSA) is 32.3 Å². The van der Waals surface area contributed by atoms with Crippen molar-refractivity contribution in [1.29, 1.82) is 0 Å². The van der Waals surface area contributed by atoms with Gasteiger partial charge in [0.2, 0.25) is 5.95 Å². The van der Waals surface area contributed by atoms with Crippen molar-refractivity contribution in [1.82, 2.24) is 14.9 Å². The van der Waals surface area contributed by atoms with Crippen LogP contribution in [-0.2, 0) is 0 Å². The highest BCUT2D eigenvalue weighted by molar-refractivity contribution is 9.10. The normalized spacial score (nSPS) is 17.5. The molecule has 2 heterocycles. The van der Waals surface area contributed by atoms with E-state index in [9.17, 15) is 0 Å². The monoisotopic (exact) mass is 360 g/mol. The van der Waals surface area contributed by atoms with Crippen LogP contribution < -0.4 is 4.90 Å². The van der Waals surface area contributed by atoms with Crippen molar-refractivity contribution in [2.45, 2.75) is 19.9 Å². The van der Waals surface area contributed by atoms with E-state index < -0.39 is 0 Å². The smallest absolute Gasteiger partial charge is 0.225 e. The number of aromatic nitrogens is 2. The third-order valence-corrected chi connectivity index (χ3v) is 4.79. The molecule has 5 heteroatoms. The molecule has 0 radical (unpaired) electrons. The van der Waals surface area contributed by atoms with E-state index in [1.165, 1.54) is 5.56 Å². The number of hydrogen-bond donors (Lipinski definition) is 0. The lowest BCUT2D eigenvalue weighted by molar-refractivity contribution is 0.198. The zero-order valence-electron chi connectivity index (χ0n) is 13.0. The Morgan fingerprint density at radius 3 is 2.18 bits per heavy atom. The molecule has 1 aliphatic heterocycles. The van der Waals surface area contributed by atoms with Crippen LogP contribution in [0, 0.1) is 6.92 Å². The van der Waals surface area contributed by atoms with Gasteiger partial charge >= 0.3 is 0 Å². The maximum absolute atomic E-state index is 4.43. The highest BCUT2D eigenvalue weighted by Crippen LogP contribution is 2.24. The summed E-state index contributed by atoms with van der Waals surface area (Å²) in [5.41, 5.74) is 2.47. The second kappa shape index (κ2) is 6.75. The molecule has 0 bridgehead atoms. The molecule has 22 heavy (non-hydrogen) atoms. The van der Waals surface area contributed by atoms with Crippen molar-refractivity contribution in [3.05, 3.63) is 52.3 Å². The van der Waals surface area contributed by atoms with Crippen LogP contribution >= 0.6 is 15.9 Å². The zero-order chi connectivity index (χ0) is 15.5. The molecule has 1 aromatic heterocycles. The van der Waals surface area contributed by atoms with Gasteiger partial charge in [-0.15, -0.1) is 0 Å². The Kier molecular flexibility index (Phi) is 4.74. The first-order valence-electron chi connectivity index (χ1n) is 7.66. The molecule has 4 nitrogen and oxygen atoms in total. The molecular weight excluding hydrogens is 340 g/mol.